The van der Waals surface area contributed by atoms with Gasteiger partial charge in [0.1, 0.15) is 0 Å². The molecule has 1 aromatic rings. The Kier molecular flexibility index (Phi) is 8.84. The molecule has 3 unspecified atom stereocenters. The van der Waals surface area contributed by atoms with Crippen LogP contribution in [0.15, 0.2) is 50.1 Å². The molecule has 3 aliphatic rings. The van der Waals surface area contributed by atoms with Gasteiger partial charge in [0.2, 0.25) is 5.91 Å². The first-order valence-corrected chi connectivity index (χ1v) is 12.7. The van der Waals surface area contributed by atoms with Crippen molar-refractivity contribution in [1.82, 2.24) is 10.2 Å². The Labute approximate surface area is 210 Å². The van der Waals surface area contributed by atoms with E-state index in [2.05, 4.69) is 30.0 Å². The zero-order valence-corrected chi connectivity index (χ0v) is 21.4. The number of phenols is 1. The van der Waals surface area contributed by atoms with Crippen molar-refractivity contribution in [2.45, 2.75) is 68.9 Å². The molecule has 1 aromatic carbocycles. The van der Waals surface area contributed by atoms with Crippen LogP contribution in [0.1, 0.15) is 56.6 Å². The van der Waals surface area contributed by atoms with E-state index in [-0.39, 0.29) is 23.1 Å². The van der Waals surface area contributed by atoms with Gasteiger partial charge in [-0.15, -0.1) is 19.7 Å². The predicted octanol–water partition coefficient (Wildman–Crippen LogP) is 4.26. The first kappa shape index (κ1) is 27.0. The maximum absolute atomic E-state index is 11.9. The average molecular weight is 483 g/mol. The first-order valence-electron chi connectivity index (χ1n) is 12.7. The number of methoxy groups -OCH3 is 1. The topological polar surface area (TPSA) is 82.0 Å². The molecule has 1 aliphatic heterocycles. The van der Waals surface area contributed by atoms with Crippen LogP contribution in [0.3, 0.4) is 0 Å². The molecule has 3 N–H and O–H groups in total. The van der Waals surface area contributed by atoms with Gasteiger partial charge >= 0.3 is 0 Å². The Bertz CT molecular complexity index is 945. The van der Waals surface area contributed by atoms with E-state index in [0.29, 0.717) is 24.6 Å². The fourth-order valence-corrected chi connectivity index (χ4v) is 6.33. The maximum Gasteiger partial charge on any atom is 0.223 e. The van der Waals surface area contributed by atoms with Crippen LogP contribution in [-0.2, 0) is 16.6 Å². The summed E-state index contributed by atoms with van der Waals surface area (Å²) >= 11 is 0. The van der Waals surface area contributed by atoms with Crippen LogP contribution in [0, 0.1) is 5.92 Å². The minimum atomic E-state index is -0.749. The van der Waals surface area contributed by atoms with Crippen LogP contribution in [-0.4, -0.2) is 59.4 Å². The van der Waals surface area contributed by atoms with E-state index in [9.17, 15) is 15.0 Å². The van der Waals surface area contributed by atoms with Crippen molar-refractivity contribution in [3.63, 3.8) is 0 Å². The molecule has 2 fully saturated rings. The lowest BCUT2D eigenvalue weighted by Crippen LogP contribution is -2.72. The Morgan fingerprint density at radius 3 is 2.66 bits per heavy atom. The van der Waals surface area contributed by atoms with E-state index in [0.717, 1.165) is 57.2 Å². The Hall–Kier alpha value is -2.57. The van der Waals surface area contributed by atoms with Crippen molar-refractivity contribution in [2.24, 2.45) is 5.92 Å². The third-order valence-electron chi connectivity index (χ3n) is 8.09. The summed E-state index contributed by atoms with van der Waals surface area (Å²) < 4.78 is 5.61. The largest absolute Gasteiger partial charge is 0.504 e. The number of likely N-dealkylation sites (tertiary alicyclic amines) is 1. The van der Waals surface area contributed by atoms with E-state index in [1.807, 2.05) is 25.1 Å². The van der Waals surface area contributed by atoms with E-state index < -0.39 is 5.60 Å². The smallest absolute Gasteiger partial charge is 0.223 e. The highest BCUT2D eigenvalue weighted by molar-refractivity contribution is 5.77. The molecule has 0 spiro atoms. The molecule has 2 aliphatic carbocycles. The fraction of sp³-hybridized carbons (Fsp3) is 0.552. The lowest BCUT2D eigenvalue weighted by Gasteiger charge is -2.63. The molecule has 35 heavy (non-hydrogen) atoms. The molecule has 192 valence electrons. The summed E-state index contributed by atoms with van der Waals surface area (Å²) in [6.07, 6.45) is 11.4. The summed E-state index contributed by atoms with van der Waals surface area (Å²) in [6, 6.07) is 3.87. The summed E-state index contributed by atoms with van der Waals surface area (Å²) in [5.74, 6) is 1.12. The normalized spacial score (nSPS) is 27.7. The highest BCUT2D eigenvalue weighted by atomic mass is 16.5. The number of aliphatic hydroxyl groups is 1. The number of phenolic OH excluding ortho intramolecular Hbond substituents is 1. The minimum Gasteiger partial charge on any atom is -0.504 e. The zero-order valence-electron chi connectivity index (χ0n) is 21.4. The second-order valence-corrected chi connectivity index (χ2v) is 10.1. The van der Waals surface area contributed by atoms with Crippen LogP contribution in [0.4, 0.5) is 0 Å². The molecule has 0 radical (unpaired) electrons. The van der Waals surface area contributed by atoms with Crippen molar-refractivity contribution in [3.8, 4) is 11.5 Å². The first-order chi connectivity index (χ1) is 16.8. The van der Waals surface area contributed by atoms with Gasteiger partial charge in [-0.05, 0) is 49.8 Å². The maximum atomic E-state index is 11.9. The second kappa shape index (κ2) is 11.4. The molecule has 1 saturated heterocycles. The molecule has 1 heterocycles. The monoisotopic (exact) mass is 482 g/mol. The fourth-order valence-electron chi connectivity index (χ4n) is 6.33. The van der Waals surface area contributed by atoms with Crippen LogP contribution in [0.2, 0.25) is 0 Å². The number of fused-ring (bicyclic) bond motifs is 1. The number of nitrogens with zero attached hydrogens (tertiary/aromatic N) is 1. The number of piperidine rings is 1. The molecule has 6 nitrogen and oxygen atoms in total. The van der Waals surface area contributed by atoms with Gasteiger partial charge in [-0.2, -0.15) is 0 Å². The molecule has 0 aromatic heterocycles. The summed E-state index contributed by atoms with van der Waals surface area (Å²) in [5, 5.41) is 25.0. The molecular weight excluding hydrogens is 440 g/mol. The zero-order chi connectivity index (χ0) is 25.6. The third kappa shape index (κ3) is 5.05. The van der Waals surface area contributed by atoms with Crippen LogP contribution in [0.25, 0.3) is 0 Å². The van der Waals surface area contributed by atoms with Crippen LogP contribution >= 0.6 is 0 Å². The van der Waals surface area contributed by atoms with Gasteiger partial charge in [0.15, 0.2) is 11.5 Å². The highest BCUT2D eigenvalue weighted by Gasteiger charge is 2.64. The molecule has 4 atom stereocenters. The van der Waals surface area contributed by atoms with E-state index in [1.165, 1.54) is 5.56 Å². The lowest BCUT2D eigenvalue weighted by atomic mass is 9.49. The van der Waals surface area contributed by atoms with Crippen molar-refractivity contribution < 1.29 is 19.7 Å². The quantitative estimate of drug-likeness (QED) is 0.483. The Morgan fingerprint density at radius 1 is 1.26 bits per heavy atom. The van der Waals surface area contributed by atoms with Gasteiger partial charge in [0, 0.05) is 36.5 Å². The number of carbonyl (C=O) groups is 1. The Morgan fingerprint density at radius 2 is 2.00 bits per heavy atom. The Balaban J connectivity index is 0.000000266. The average Bonchev–Trinajstić information content (AvgIpc) is 2.85. The van der Waals surface area contributed by atoms with Crippen molar-refractivity contribution in [2.75, 3.05) is 26.7 Å². The molecule has 1 amide bonds. The number of nitrogens with one attached hydrogen (secondary N) is 1. The van der Waals surface area contributed by atoms with Gasteiger partial charge in [-0.1, -0.05) is 44.1 Å². The molecule has 4 rings (SSSR count). The number of rotatable bonds is 8. The minimum absolute atomic E-state index is 0.0219. The predicted molar refractivity (Wildman–Crippen MR) is 141 cm³/mol. The highest BCUT2D eigenvalue weighted by Crippen LogP contribution is 2.61. The van der Waals surface area contributed by atoms with Gasteiger partial charge in [0.05, 0.1) is 12.7 Å². The number of hydrogen-bond donors (Lipinski definition) is 3. The molecule has 2 bridgehead atoms. The number of aromatic hydroxyl groups is 1. The second-order valence-electron chi connectivity index (χ2n) is 10.1. The number of hydrogen-bond acceptors (Lipinski definition) is 5. The number of ether oxygens (including phenoxy) is 1. The summed E-state index contributed by atoms with van der Waals surface area (Å²) in [7, 11) is 1.62. The van der Waals surface area contributed by atoms with Gasteiger partial charge in [-0.3, -0.25) is 9.69 Å². The van der Waals surface area contributed by atoms with Gasteiger partial charge in [0.25, 0.3) is 0 Å². The molecule has 6 heteroatoms. The van der Waals surface area contributed by atoms with Gasteiger partial charge < -0.3 is 20.3 Å². The van der Waals surface area contributed by atoms with E-state index in [1.54, 1.807) is 19.3 Å². The SMILES string of the molecule is C=CCC(=O)NCC(C)C=C.C=CCN1CCC23CCCCC2(O)[C@H]1Cc1ccc(O)c(OC)c13. The lowest BCUT2D eigenvalue weighted by molar-refractivity contribution is -0.164. The van der Waals surface area contributed by atoms with Crippen molar-refractivity contribution in [1.29, 1.82) is 0 Å². The molecular formula is C29H42N2O4. The summed E-state index contributed by atoms with van der Waals surface area (Å²) in [5.41, 5.74) is 1.24. The number of benzene rings is 1. The molecule has 1 saturated carbocycles. The third-order valence-corrected chi connectivity index (χ3v) is 8.09. The van der Waals surface area contributed by atoms with Crippen molar-refractivity contribution >= 4 is 5.91 Å². The van der Waals surface area contributed by atoms with Crippen molar-refractivity contribution in [3.05, 3.63) is 61.2 Å². The van der Waals surface area contributed by atoms with Crippen LogP contribution < -0.4 is 10.1 Å². The van der Waals surface area contributed by atoms with E-state index >= 15 is 0 Å². The van der Waals surface area contributed by atoms with Crippen LogP contribution in [0.5, 0.6) is 11.5 Å². The number of amides is 1. The van der Waals surface area contributed by atoms with E-state index in [4.69, 9.17) is 4.74 Å². The van der Waals surface area contributed by atoms with Gasteiger partial charge in [-0.25, -0.2) is 0 Å². The standard InChI is InChI=1S/C20H27NO3.C9H15NO/c1-3-11-21-12-10-19-8-4-5-9-20(19,23)16(21)13-14-6-7-15(22)18(24-2)17(14)19;1-4-6-9(11)10-7-8(3)5-2/h3,6-7,16,22-23H,1,4-5,8-13H2,2H3;4-5,8H,1-2,6-7H2,3H3,(H,10,11)/t16-,19?,20?;/m1./s1. The summed E-state index contributed by atoms with van der Waals surface area (Å²) in [4.78, 5) is 13.2. The summed E-state index contributed by atoms with van der Waals surface area (Å²) in [6.45, 7) is 15.4. The number of carbonyl (C=O) groups excluding carboxylic acids is 1.